The summed E-state index contributed by atoms with van der Waals surface area (Å²) in [5, 5.41) is 34.0. The lowest BCUT2D eigenvalue weighted by Gasteiger charge is -2.48. The van der Waals surface area contributed by atoms with Crippen molar-refractivity contribution in [2.24, 2.45) is 0 Å². The van der Waals surface area contributed by atoms with Crippen LogP contribution < -0.4 is 0 Å². The number of aliphatic hydroxyl groups excluding tert-OH is 3. The molecule has 2 aliphatic rings. The van der Waals surface area contributed by atoms with Crippen molar-refractivity contribution < 1.29 is 48.5 Å². The molecule has 2 fully saturated rings. The van der Waals surface area contributed by atoms with E-state index in [-0.39, 0.29) is 26.4 Å². The maximum atomic E-state index is 11.6. The molecule has 0 aliphatic carbocycles. The van der Waals surface area contributed by atoms with Gasteiger partial charge in [0, 0.05) is 0 Å². The van der Waals surface area contributed by atoms with Crippen LogP contribution in [0.3, 0.4) is 0 Å². The molecule has 6 rings (SSSR count). The first-order chi connectivity index (χ1) is 24.5. The molecule has 266 valence electrons. The second kappa shape index (κ2) is 18.1. The minimum Gasteiger partial charge on any atom is -0.388 e. The van der Waals surface area contributed by atoms with Crippen molar-refractivity contribution in [3.63, 3.8) is 0 Å². The van der Waals surface area contributed by atoms with Gasteiger partial charge in [0.2, 0.25) is 0 Å². The lowest BCUT2D eigenvalue weighted by Crippen LogP contribution is -2.65. The first-order valence-corrected chi connectivity index (χ1v) is 17.0. The Hall–Kier alpha value is -3.52. The largest absolute Gasteiger partial charge is 0.388 e. The molecule has 4 aromatic carbocycles. The maximum absolute atomic E-state index is 11.6. The Balaban J connectivity index is 1.26. The number of ether oxygens (including phenoxy) is 7. The van der Waals surface area contributed by atoms with Gasteiger partial charge in [0.15, 0.2) is 12.6 Å². The second-order valence-corrected chi connectivity index (χ2v) is 12.6. The third kappa shape index (κ3) is 9.62. The van der Waals surface area contributed by atoms with E-state index in [9.17, 15) is 15.3 Å². The lowest BCUT2D eigenvalue weighted by atomic mass is 9.96. The molecule has 3 N–H and O–H groups in total. The first-order valence-electron chi connectivity index (χ1n) is 17.0. The quantitative estimate of drug-likeness (QED) is 0.164. The van der Waals surface area contributed by atoms with E-state index in [1.165, 1.54) is 0 Å². The summed E-state index contributed by atoms with van der Waals surface area (Å²) in [4.78, 5) is 0. The third-order valence-corrected chi connectivity index (χ3v) is 8.93. The van der Waals surface area contributed by atoms with Gasteiger partial charge in [0.1, 0.15) is 42.7 Å². The minimum atomic E-state index is -1.43. The van der Waals surface area contributed by atoms with E-state index in [1.54, 1.807) is 6.92 Å². The highest BCUT2D eigenvalue weighted by molar-refractivity contribution is 5.16. The molecular formula is C40H46O10. The molecule has 2 heterocycles. The Morgan fingerprint density at radius 2 is 0.940 bits per heavy atom. The van der Waals surface area contributed by atoms with Crippen molar-refractivity contribution in [3.8, 4) is 0 Å². The molecule has 10 atom stereocenters. The van der Waals surface area contributed by atoms with Crippen molar-refractivity contribution in [1.29, 1.82) is 0 Å². The molecule has 0 bridgehead atoms. The summed E-state index contributed by atoms with van der Waals surface area (Å²) in [5.41, 5.74) is 3.67. The van der Waals surface area contributed by atoms with Crippen LogP contribution in [0.4, 0.5) is 0 Å². The molecule has 2 aliphatic heterocycles. The van der Waals surface area contributed by atoms with Crippen LogP contribution in [-0.4, -0.2) is 83.3 Å². The first kappa shape index (κ1) is 36.3. The Bertz CT molecular complexity index is 1530. The molecule has 2 saturated heterocycles. The highest BCUT2D eigenvalue weighted by Gasteiger charge is 2.52. The molecule has 0 unspecified atom stereocenters. The van der Waals surface area contributed by atoms with Gasteiger partial charge in [-0.3, -0.25) is 0 Å². The molecule has 0 spiro atoms. The number of rotatable bonds is 15. The zero-order valence-corrected chi connectivity index (χ0v) is 28.1. The fourth-order valence-electron chi connectivity index (χ4n) is 6.19. The average molecular weight is 687 g/mol. The van der Waals surface area contributed by atoms with Crippen molar-refractivity contribution in [2.75, 3.05) is 6.61 Å². The minimum absolute atomic E-state index is 0.0721. The van der Waals surface area contributed by atoms with E-state index >= 15 is 0 Å². The Kier molecular flexibility index (Phi) is 13.1. The van der Waals surface area contributed by atoms with Gasteiger partial charge in [-0.15, -0.1) is 0 Å². The van der Waals surface area contributed by atoms with E-state index in [0.29, 0.717) is 6.61 Å². The zero-order chi connectivity index (χ0) is 34.7. The molecule has 50 heavy (non-hydrogen) atoms. The topological polar surface area (TPSA) is 125 Å². The Labute approximate surface area is 293 Å². The van der Waals surface area contributed by atoms with Crippen LogP contribution in [0.25, 0.3) is 0 Å². The van der Waals surface area contributed by atoms with Gasteiger partial charge in [-0.2, -0.15) is 0 Å². The van der Waals surface area contributed by atoms with Gasteiger partial charge in [-0.05, 0) is 29.2 Å². The fourth-order valence-corrected chi connectivity index (χ4v) is 6.19. The fraction of sp³-hybridized carbons (Fsp3) is 0.400. The van der Waals surface area contributed by atoms with Crippen LogP contribution in [0.2, 0.25) is 0 Å². The number of hydrogen-bond acceptors (Lipinski definition) is 10. The number of aliphatic hydroxyl groups is 3. The highest BCUT2D eigenvalue weighted by atomic mass is 16.7. The molecule has 10 heteroatoms. The summed E-state index contributed by atoms with van der Waals surface area (Å²) in [7, 11) is 0. The van der Waals surface area contributed by atoms with Crippen molar-refractivity contribution in [2.45, 2.75) is 94.8 Å². The summed E-state index contributed by atoms with van der Waals surface area (Å²) >= 11 is 0. The third-order valence-electron chi connectivity index (χ3n) is 8.93. The zero-order valence-electron chi connectivity index (χ0n) is 28.1. The van der Waals surface area contributed by atoms with E-state index in [4.69, 9.17) is 33.2 Å². The van der Waals surface area contributed by atoms with Crippen LogP contribution in [0.5, 0.6) is 0 Å². The Morgan fingerprint density at radius 3 is 1.44 bits per heavy atom. The van der Waals surface area contributed by atoms with Gasteiger partial charge in [-0.1, -0.05) is 121 Å². The van der Waals surface area contributed by atoms with Crippen LogP contribution in [0.1, 0.15) is 29.2 Å². The standard InChI is InChI=1S/C40H46O10/c1-27-33(41)36(46-24-30-18-10-4-11-19-30)34(42)40(48-27)50-37-35(45-23-29-16-8-3-9-17-29)32(26-44-22-28-14-6-2-7-15-28)49-39(43)38(37)47-25-31-20-12-5-13-21-31/h2-21,27,32-43H,22-26H2,1H3/t27-,32+,33-,34+,35+,36+,37-,38-,39-,40+/m0/s1. The van der Waals surface area contributed by atoms with E-state index in [2.05, 4.69) is 0 Å². The van der Waals surface area contributed by atoms with Crippen molar-refractivity contribution in [1.82, 2.24) is 0 Å². The van der Waals surface area contributed by atoms with Crippen LogP contribution in [0.15, 0.2) is 121 Å². The molecule has 0 radical (unpaired) electrons. The lowest BCUT2D eigenvalue weighted by molar-refractivity contribution is -0.365. The van der Waals surface area contributed by atoms with Crippen LogP contribution >= 0.6 is 0 Å². The van der Waals surface area contributed by atoms with Crippen molar-refractivity contribution >= 4 is 0 Å². The predicted molar refractivity (Wildman–Crippen MR) is 183 cm³/mol. The Morgan fingerprint density at radius 1 is 0.500 bits per heavy atom. The van der Waals surface area contributed by atoms with Crippen LogP contribution in [0, 0.1) is 0 Å². The van der Waals surface area contributed by atoms with Gasteiger partial charge in [-0.25, -0.2) is 0 Å². The van der Waals surface area contributed by atoms with E-state index in [1.807, 2.05) is 121 Å². The molecular weight excluding hydrogens is 640 g/mol. The van der Waals surface area contributed by atoms with E-state index in [0.717, 1.165) is 22.3 Å². The normalized spacial score (nSPS) is 29.8. The monoisotopic (exact) mass is 686 g/mol. The predicted octanol–water partition coefficient (Wildman–Crippen LogP) is 4.53. The SMILES string of the molecule is C[C@@H]1O[C@H](O[C@@H]2[C@H](OCc3ccccc3)[C@@H](O)O[C@H](COCc3ccccc3)[C@H]2OCc2ccccc2)[C@H](O)[C@H](OCc2ccccc2)[C@H]1O. The molecule has 0 aromatic heterocycles. The maximum Gasteiger partial charge on any atom is 0.187 e. The number of benzene rings is 4. The van der Waals surface area contributed by atoms with Gasteiger partial charge >= 0.3 is 0 Å². The molecule has 0 saturated carbocycles. The van der Waals surface area contributed by atoms with Crippen LogP contribution in [-0.2, 0) is 59.6 Å². The molecule has 4 aromatic rings. The average Bonchev–Trinajstić information content (AvgIpc) is 3.15. The molecule has 10 nitrogen and oxygen atoms in total. The van der Waals surface area contributed by atoms with Gasteiger partial charge in [0.25, 0.3) is 0 Å². The number of hydrogen-bond donors (Lipinski definition) is 3. The highest BCUT2D eigenvalue weighted by Crippen LogP contribution is 2.33. The smallest absolute Gasteiger partial charge is 0.187 e. The summed E-state index contributed by atoms with van der Waals surface area (Å²) in [6.45, 7) is 2.61. The summed E-state index contributed by atoms with van der Waals surface area (Å²) < 4.78 is 43.8. The second-order valence-electron chi connectivity index (χ2n) is 12.6. The van der Waals surface area contributed by atoms with Gasteiger partial charge in [0.05, 0.1) is 39.1 Å². The summed E-state index contributed by atoms with van der Waals surface area (Å²) in [6.07, 6.45) is -10.6. The van der Waals surface area contributed by atoms with E-state index < -0.39 is 61.4 Å². The van der Waals surface area contributed by atoms with Gasteiger partial charge < -0.3 is 48.5 Å². The summed E-state index contributed by atoms with van der Waals surface area (Å²) in [5.74, 6) is 0. The molecule has 0 amide bonds. The van der Waals surface area contributed by atoms with Crippen molar-refractivity contribution in [3.05, 3.63) is 144 Å². The summed E-state index contributed by atoms with van der Waals surface area (Å²) in [6, 6.07) is 38.5.